The third-order valence-corrected chi connectivity index (χ3v) is 2.53. The van der Waals surface area contributed by atoms with Crippen molar-refractivity contribution in [2.75, 3.05) is 7.11 Å². The second-order valence-corrected chi connectivity index (χ2v) is 3.38. The zero-order valence-electron chi connectivity index (χ0n) is 7.53. The van der Waals surface area contributed by atoms with Gasteiger partial charge in [-0.05, 0) is 13.0 Å². The number of carbonyl (C=O) groups excluding carboxylic acids is 1. The van der Waals surface area contributed by atoms with Gasteiger partial charge >= 0.3 is 0 Å². The standard InChI is InChI=1S/C9H7Cl2FO2/c1-4(13)5-3-6(12)7(10)8(11)9(5)14-2/h3H,1-2H3. The minimum absolute atomic E-state index is 0.0828. The molecule has 0 atom stereocenters. The van der Waals surface area contributed by atoms with E-state index in [0.29, 0.717) is 0 Å². The van der Waals surface area contributed by atoms with Crippen LogP contribution in [0.2, 0.25) is 10.0 Å². The van der Waals surface area contributed by atoms with E-state index in [2.05, 4.69) is 0 Å². The van der Waals surface area contributed by atoms with E-state index < -0.39 is 5.82 Å². The number of ether oxygens (including phenoxy) is 1. The number of Topliss-reactive ketones (excluding diaryl/α,β-unsaturated/α-hetero) is 1. The van der Waals surface area contributed by atoms with Crippen molar-refractivity contribution in [3.8, 4) is 5.75 Å². The number of hydrogen-bond donors (Lipinski definition) is 0. The summed E-state index contributed by atoms with van der Waals surface area (Å²) in [7, 11) is 1.34. The third kappa shape index (κ3) is 1.83. The molecule has 0 heterocycles. The van der Waals surface area contributed by atoms with E-state index in [4.69, 9.17) is 27.9 Å². The monoisotopic (exact) mass is 236 g/mol. The maximum atomic E-state index is 13.1. The second-order valence-electron chi connectivity index (χ2n) is 2.62. The number of methoxy groups -OCH3 is 1. The van der Waals surface area contributed by atoms with Crippen molar-refractivity contribution in [3.63, 3.8) is 0 Å². The lowest BCUT2D eigenvalue weighted by atomic mass is 10.1. The Hall–Kier alpha value is -0.800. The number of carbonyl (C=O) groups is 1. The first-order chi connectivity index (χ1) is 6.49. The molecule has 0 radical (unpaired) electrons. The smallest absolute Gasteiger partial charge is 0.163 e. The fourth-order valence-electron chi connectivity index (χ4n) is 1.04. The molecule has 5 heteroatoms. The highest BCUT2D eigenvalue weighted by Gasteiger charge is 2.18. The predicted octanol–water partition coefficient (Wildman–Crippen LogP) is 3.34. The Morgan fingerprint density at radius 1 is 1.43 bits per heavy atom. The van der Waals surface area contributed by atoms with Crippen LogP contribution >= 0.6 is 23.2 Å². The summed E-state index contributed by atoms with van der Waals surface area (Å²) in [4.78, 5) is 11.1. The fourth-order valence-corrected chi connectivity index (χ4v) is 1.45. The normalized spacial score (nSPS) is 10.1. The molecule has 0 aliphatic rings. The van der Waals surface area contributed by atoms with Gasteiger partial charge in [-0.25, -0.2) is 4.39 Å². The number of halogens is 3. The van der Waals surface area contributed by atoms with Gasteiger partial charge < -0.3 is 4.74 Å². The Morgan fingerprint density at radius 2 is 2.00 bits per heavy atom. The number of benzene rings is 1. The number of rotatable bonds is 2. The summed E-state index contributed by atoms with van der Waals surface area (Å²) < 4.78 is 18.0. The Bertz CT molecular complexity index is 391. The Morgan fingerprint density at radius 3 is 2.43 bits per heavy atom. The molecule has 1 aromatic carbocycles. The summed E-state index contributed by atoms with van der Waals surface area (Å²) >= 11 is 11.2. The molecule has 1 rings (SSSR count). The van der Waals surface area contributed by atoms with Gasteiger partial charge in [-0.2, -0.15) is 0 Å². The van der Waals surface area contributed by atoms with Crippen LogP contribution in [0.3, 0.4) is 0 Å². The maximum Gasteiger partial charge on any atom is 0.163 e. The zero-order chi connectivity index (χ0) is 10.9. The molecule has 0 saturated heterocycles. The van der Waals surface area contributed by atoms with Crippen LogP contribution in [-0.2, 0) is 0 Å². The molecule has 0 N–H and O–H groups in total. The van der Waals surface area contributed by atoms with E-state index in [1.54, 1.807) is 0 Å². The van der Waals surface area contributed by atoms with Crippen molar-refractivity contribution in [3.05, 3.63) is 27.5 Å². The maximum absolute atomic E-state index is 13.1. The summed E-state index contributed by atoms with van der Waals surface area (Å²) in [5.41, 5.74) is 0.0828. The van der Waals surface area contributed by atoms with Crippen LogP contribution in [0.1, 0.15) is 17.3 Å². The highest BCUT2D eigenvalue weighted by atomic mass is 35.5. The van der Waals surface area contributed by atoms with E-state index >= 15 is 0 Å². The lowest BCUT2D eigenvalue weighted by Crippen LogP contribution is -2.00. The van der Waals surface area contributed by atoms with Crippen LogP contribution in [0, 0.1) is 5.82 Å². The summed E-state index contributed by atoms with van der Waals surface area (Å²) in [5, 5.41) is -0.326. The SMILES string of the molecule is COc1c(C(C)=O)cc(F)c(Cl)c1Cl. The van der Waals surface area contributed by atoms with E-state index in [0.717, 1.165) is 6.07 Å². The van der Waals surface area contributed by atoms with Crippen LogP contribution in [0.4, 0.5) is 4.39 Å². The molecule has 0 aliphatic carbocycles. The molecule has 76 valence electrons. The molecule has 0 unspecified atom stereocenters. The molecule has 2 nitrogen and oxygen atoms in total. The van der Waals surface area contributed by atoms with Gasteiger partial charge in [0.05, 0.1) is 17.7 Å². The number of ketones is 1. The fraction of sp³-hybridized carbons (Fsp3) is 0.222. The first-order valence-electron chi connectivity index (χ1n) is 3.71. The van der Waals surface area contributed by atoms with Gasteiger partial charge in [0.15, 0.2) is 5.78 Å². The van der Waals surface area contributed by atoms with Crippen LogP contribution in [0.25, 0.3) is 0 Å². The first kappa shape index (κ1) is 11.3. The second kappa shape index (κ2) is 4.15. The largest absolute Gasteiger partial charge is 0.494 e. The first-order valence-corrected chi connectivity index (χ1v) is 4.47. The average molecular weight is 237 g/mol. The van der Waals surface area contributed by atoms with E-state index in [-0.39, 0.29) is 27.1 Å². The minimum Gasteiger partial charge on any atom is -0.494 e. The van der Waals surface area contributed by atoms with Crippen molar-refractivity contribution < 1.29 is 13.9 Å². The highest BCUT2D eigenvalue weighted by molar-refractivity contribution is 6.43. The van der Waals surface area contributed by atoms with Gasteiger partial charge in [-0.15, -0.1) is 0 Å². The van der Waals surface area contributed by atoms with Crippen LogP contribution in [-0.4, -0.2) is 12.9 Å². The molecule has 1 aromatic rings. The summed E-state index contributed by atoms with van der Waals surface area (Å²) in [5.74, 6) is -0.965. The van der Waals surface area contributed by atoms with Gasteiger partial charge in [0, 0.05) is 0 Å². The van der Waals surface area contributed by atoms with E-state index in [1.165, 1.54) is 14.0 Å². The van der Waals surface area contributed by atoms with Crippen molar-refractivity contribution in [1.82, 2.24) is 0 Å². The molecule has 0 amide bonds. The van der Waals surface area contributed by atoms with Gasteiger partial charge in [-0.3, -0.25) is 4.79 Å². The van der Waals surface area contributed by atoms with Crippen molar-refractivity contribution in [2.45, 2.75) is 6.92 Å². The van der Waals surface area contributed by atoms with E-state index in [1.807, 2.05) is 0 Å². The van der Waals surface area contributed by atoms with Crippen molar-refractivity contribution >= 4 is 29.0 Å². The zero-order valence-corrected chi connectivity index (χ0v) is 9.04. The topological polar surface area (TPSA) is 26.3 Å². The molecule has 0 aliphatic heterocycles. The molecule has 0 aromatic heterocycles. The van der Waals surface area contributed by atoms with Gasteiger partial charge in [-0.1, -0.05) is 23.2 Å². The molecule has 0 bridgehead atoms. The lowest BCUT2D eigenvalue weighted by Gasteiger charge is -2.09. The molecular weight excluding hydrogens is 230 g/mol. The lowest BCUT2D eigenvalue weighted by molar-refractivity contribution is 0.101. The van der Waals surface area contributed by atoms with Gasteiger partial charge in [0.25, 0.3) is 0 Å². The Kier molecular flexibility index (Phi) is 3.34. The average Bonchev–Trinajstić information content (AvgIpc) is 2.13. The summed E-state index contributed by atoms with van der Waals surface area (Å²) in [6, 6.07) is 1.01. The molecule has 0 spiro atoms. The van der Waals surface area contributed by atoms with Crippen LogP contribution < -0.4 is 4.74 Å². The highest BCUT2D eigenvalue weighted by Crippen LogP contribution is 2.37. The van der Waals surface area contributed by atoms with Gasteiger partial charge in [0.2, 0.25) is 0 Å². The van der Waals surface area contributed by atoms with Gasteiger partial charge in [0.1, 0.15) is 16.6 Å². The molecular formula is C9H7Cl2FO2. The van der Waals surface area contributed by atoms with Crippen molar-refractivity contribution in [2.24, 2.45) is 0 Å². The molecule has 0 saturated carbocycles. The quantitative estimate of drug-likeness (QED) is 0.582. The predicted molar refractivity (Wildman–Crippen MR) is 53.0 cm³/mol. The summed E-state index contributed by atoms with van der Waals surface area (Å²) in [6.07, 6.45) is 0. The summed E-state index contributed by atoms with van der Waals surface area (Å²) in [6.45, 7) is 1.29. The third-order valence-electron chi connectivity index (χ3n) is 1.70. The molecule has 14 heavy (non-hydrogen) atoms. The molecule has 0 fully saturated rings. The van der Waals surface area contributed by atoms with Crippen LogP contribution in [0.15, 0.2) is 6.07 Å². The van der Waals surface area contributed by atoms with Crippen molar-refractivity contribution in [1.29, 1.82) is 0 Å². The van der Waals surface area contributed by atoms with Crippen LogP contribution in [0.5, 0.6) is 5.75 Å². The Labute approximate surface area is 90.6 Å². The Balaban J connectivity index is 3.51. The van der Waals surface area contributed by atoms with E-state index in [9.17, 15) is 9.18 Å². The minimum atomic E-state index is -0.734. The number of hydrogen-bond acceptors (Lipinski definition) is 2.